The van der Waals surface area contributed by atoms with Gasteiger partial charge in [-0.1, -0.05) is 48.0 Å². The molecule has 0 aliphatic rings. The average Bonchev–Trinajstić information content (AvgIpc) is 2.51. The van der Waals surface area contributed by atoms with E-state index in [0.717, 1.165) is 11.6 Å². The lowest BCUT2D eigenvalue weighted by molar-refractivity contribution is 0.0550. The SMILES string of the molecule is NS(=O)(=O)c1cc(C(=O)OC/C=C/c2ccccc2)ccc1Cl. The zero-order valence-electron chi connectivity index (χ0n) is 12.0. The number of halogens is 1. The highest BCUT2D eigenvalue weighted by Gasteiger charge is 2.16. The van der Waals surface area contributed by atoms with Crippen molar-refractivity contribution in [1.29, 1.82) is 0 Å². The van der Waals surface area contributed by atoms with Crippen LogP contribution in [0.4, 0.5) is 0 Å². The summed E-state index contributed by atoms with van der Waals surface area (Å²) in [6, 6.07) is 13.3. The van der Waals surface area contributed by atoms with Gasteiger partial charge in [0.25, 0.3) is 0 Å². The minimum absolute atomic E-state index is 0.0481. The second-order valence-corrected chi connectivity index (χ2v) is 6.54. The monoisotopic (exact) mass is 351 g/mol. The van der Waals surface area contributed by atoms with Gasteiger partial charge in [0.2, 0.25) is 10.0 Å². The van der Waals surface area contributed by atoms with Crippen molar-refractivity contribution in [3.63, 3.8) is 0 Å². The molecule has 0 amide bonds. The lowest BCUT2D eigenvalue weighted by atomic mass is 10.2. The molecule has 0 fully saturated rings. The number of carbonyl (C=O) groups excluding carboxylic acids is 1. The molecule has 2 rings (SSSR count). The lowest BCUT2D eigenvalue weighted by Crippen LogP contribution is -2.14. The van der Waals surface area contributed by atoms with Crippen LogP contribution in [0.3, 0.4) is 0 Å². The molecule has 0 atom stereocenters. The van der Waals surface area contributed by atoms with E-state index in [1.54, 1.807) is 6.08 Å². The van der Waals surface area contributed by atoms with Gasteiger partial charge in [0, 0.05) is 0 Å². The minimum Gasteiger partial charge on any atom is -0.458 e. The predicted molar refractivity (Wildman–Crippen MR) is 88.6 cm³/mol. The Bertz CT molecular complexity index is 832. The van der Waals surface area contributed by atoms with Crippen LogP contribution in [0.15, 0.2) is 59.5 Å². The summed E-state index contributed by atoms with van der Waals surface area (Å²) in [7, 11) is -4.00. The van der Waals surface area contributed by atoms with E-state index in [1.807, 2.05) is 36.4 Å². The number of hydrogen-bond acceptors (Lipinski definition) is 4. The molecule has 0 spiro atoms. The molecule has 0 saturated heterocycles. The molecule has 7 heteroatoms. The first-order valence-corrected chi connectivity index (χ1v) is 8.51. The zero-order chi connectivity index (χ0) is 16.9. The van der Waals surface area contributed by atoms with E-state index < -0.39 is 16.0 Å². The quantitative estimate of drug-likeness (QED) is 0.839. The van der Waals surface area contributed by atoms with Crippen LogP contribution >= 0.6 is 11.6 Å². The molecule has 0 aliphatic heterocycles. The Labute approximate surface area is 139 Å². The highest BCUT2D eigenvalue weighted by atomic mass is 35.5. The summed E-state index contributed by atoms with van der Waals surface area (Å²) in [5, 5.41) is 4.99. The van der Waals surface area contributed by atoms with E-state index in [1.165, 1.54) is 12.1 Å². The summed E-state index contributed by atoms with van der Waals surface area (Å²) in [6.07, 6.45) is 3.49. The molecule has 5 nitrogen and oxygen atoms in total. The maximum absolute atomic E-state index is 11.9. The van der Waals surface area contributed by atoms with Gasteiger partial charge in [-0.15, -0.1) is 0 Å². The highest BCUT2D eigenvalue weighted by molar-refractivity contribution is 7.89. The van der Waals surface area contributed by atoms with Crippen LogP contribution < -0.4 is 5.14 Å². The van der Waals surface area contributed by atoms with Gasteiger partial charge in [-0.05, 0) is 29.8 Å². The molecule has 0 aromatic heterocycles. The molecule has 0 radical (unpaired) electrons. The average molecular weight is 352 g/mol. The summed E-state index contributed by atoms with van der Waals surface area (Å²) >= 11 is 5.76. The van der Waals surface area contributed by atoms with Gasteiger partial charge < -0.3 is 4.74 Å². The Balaban J connectivity index is 2.03. The normalized spacial score (nSPS) is 11.6. The predicted octanol–water partition coefficient (Wildman–Crippen LogP) is 2.86. The Morgan fingerprint density at radius 1 is 1.17 bits per heavy atom. The van der Waals surface area contributed by atoms with Crippen LogP contribution in [0.1, 0.15) is 15.9 Å². The van der Waals surface area contributed by atoms with E-state index in [9.17, 15) is 13.2 Å². The molecule has 2 aromatic rings. The standard InChI is InChI=1S/C16H14ClNO4S/c17-14-9-8-13(11-15(14)23(18,20)21)16(19)22-10-4-7-12-5-2-1-3-6-12/h1-9,11H,10H2,(H2,18,20,21)/b7-4+. The van der Waals surface area contributed by atoms with Gasteiger partial charge in [-0.2, -0.15) is 0 Å². The molecule has 2 N–H and O–H groups in total. The fraction of sp³-hybridized carbons (Fsp3) is 0.0625. The van der Waals surface area contributed by atoms with Gasteiger partial charge in [0.05, 0.1) is 10.6 Å². The summed E-state index contributed by atoms with van der Waals surface area (Å²) in [5.74, 6) is -0.663. The summed E-state index contributed by atoms with van der Waals surface area (Å²) < 4.78 is 27.8. The Hall–Kier alpha value is -2.15. The molecule has 0 unspecified atom stereocenters. The number of carbonyl (C=O) groups is 1. The Kier molecular flexibility index (Phi) is 5.54. The largest absolute Gasteiger partial charge is 0.458 e. The smallest absolute Gasteiger partial charge is 0.338 e. The van der Waals surface area contributed by atoms with Crippen molar-refractivity contribution in [3.05, 3.63) is 70.8 Å². The number of esters is 1. The zero-order valence-corrected chi connectivity index (χ0v) is 13.5. The number of ether oxygens (including phenoxy) is 1. The number of benzene rings is 2. The van der Waals surface area contributed by atoms with E-state index >= 15 is 0 Å². The van der Waals surface area contributed by atoms with Gasteiger partial charge >= 0.3 is 5.97 Å². The van der Waals surface area contributed by atoms with Crippen LogP contribution in [-0.4, -0.2) is 21.0 Å². The van der Waals surface area contributed by atoms with Crippen LogP contribution in [0.5, 0.6) is 0 Å². The number of rotatable bonds is 5. The van der Waals surface area contributed by atoms with Crippen molar-refractivity contribution in [2.24, 2.45) is 5.14 Å². The minimum atomic E-state index is -4.00. The molecule has 0 saturated carbocycles. The van der Waals surface area contributed by atoms with E-state index in [2.05, 4.69) is 0 Å². The summed E-state index contributed by atoms with van der Waals surface area (Å²) in [4.78, 5) is 11.6. The molecule has 0 bridgehead atoms. The first kappa shape index (κ1) is 17.2. The van der Waals surface area contributed by atoms with E-state index in [-0.39, 0.29) is 22.1 Å². The van der Waals surface area contributed by atoms with Gasteiger partial charge in [0.15, 0.2) is 0 Å². The Morgan fingerprint density at radius 3 is 2.52 bits per heavy atom. The molecule has 2 aromatic carbocycles. The molecule has 120 valence electrons. The fourth-order valence-corrected chi connectivity index (χ4v) is 2.88. The van der Waals surface area contributed by atoms with Crippen molar-refractivity contribution in [2.75, 3.05) is 6.61 Å². The maximum Gasteiger partial charge on any atom is 0.338 e. The topological polar surface area (TPSA) is 86.5 Å². The van der Waals surface area contributed by atoms with Crippen molar-refractivity contribution in [2.45, 2.75) is 4.90 Å². The fourth-order valence-electron chi connectivity index (χ4n) is 1.80. The third-order valence-corrected chi connectivity index (χ3v) is 4.29. The van der Waals surface area contributed by atoms with Crippen LogP contribution in [0.2, 0.25) is 5.02 Å². The molecular weight excluding hydrogens is 338 g/mol. The Morgan fingerprint density at radius 2 is 1.87 bits per heavy atom. The molecule has 23 heavy (non-hydrogen) atoms. The molecular formula is C16H14ClNO4S. The van der Waals surface area contributed by atoms with Gasteiger partial charge in [-0.25, -0.2) is 18.4 Å². The third-order valence-electron chi connectivity index (χ3n) is 2.89. The van der Waals surface area contributed by atoms with Crippen molar-refractivity contribution >= 4 is 33.7 Å². The molecule has 0 aliphatic carbocycles. The summed E-state index contributed by atoms with van der Waals surface area (Å²) in [5.41, 5.74) is 1.04. The second kappa shape index (κ2) is 7.41. The van der Waals surface area contributed by atoms with E-state index in [0.29, 0.717) is 0 Å². The first-order chi connectivity index (χ1) is 10.9. The number of hydrogen-bond donors (Lipinski definition) is 1. The van der Waals surface area contributed by atoms with Crippen molar-refractivity contribution in [1.82, 2.24) is 0 Å². The maximum atomic E-state index is 11.9. The number of sulfonamides is 1. The van der Waals surface area contributed by atoms with Gasteiger partial charge in [-0.3, -0.25) is 0 Å². The van der Waals surface area contributed by atoms with E-state index in [4.69, 9.17) is 21.5 Å². The highest BCUT2D eigenvalue weighted by Crippen LogP contribution is 2.21. The van der Waals surface area contributed by atoms with Crippen molar-refractivity contribution in [3.8, 4) is 0 Å². The van der Waals surface area contributed by atoms with Gasteiger partial charge in [0.1, 0.15) is 11.5 Å². The van der Waals surface area contributed by atoms with Crippen LogP contribution in [0.25, 0.3) is 6.08 Å². The lowest BCUT2D eigenvalue weighted by Gasteiger charge is -2.05. The van der Waals surface area contributed by atoms with Crippen LogP contribution in [-0.2, 0) is 14.8 Å². The van der Waals surface area contributed by atoms with Crippen LogP contribution in [0, 0.1) is 0 Å². The number of primary sulfonamides is 1. The third kappa shape index (κ3) is 4.92. The summed E-state index contributed by atoms with van der Waals surface area (Å²) in [6.45, 7) is 0.0566. The number of nitrogens with two attached hydrogens (primary N) is 1. The second-order valence-electron chi connectivity index (χ2n) is 4.60. The first-order valence-electron chi connectivity index (χ1n) is 6.59. The molecule has 0 heterocycles. The van der Waals surface area contributed by atoms with Crippen molar-refractivity contribution < 1.29 is 17.9 Å².